The molecule has 0 atom stereocenters. The van der Waals surface area contributed by atoms with Crippen molar-refractivity contribution in [3.05, 3.63) is 34.5 Å². The molecule has 0 radical (unpaired) electrons. The highest BCUT2D eigenvalue weighted by molar-refractivity contribution is 6.15. The van der Waals surface area contributed by atoms with E-state index >= 15 is 0 Å². The Bertz CT molecular complexity index is 879. The van der Waals surface area contributed by atoms with Crippen LogP contribution in [0.1, 0.15) is 32.0 Å². The van der Waals surface area contributed by atoms with E-state index in [0.29, 0.717) is 16.7 Å². The zero-order chi connectivity index (χ0) is 15.3. The molecule has 3 aromatic rings. The van der Waals surface area contributed by atoms with Crippen LogP contribution in [0.25, 0.3) is 16.7 Å². The Morgan fingerprint density at radius 1 is 1.05 bits per heavy atom. The van der Waals surface area contributed by atoms with Crippen LogP contribution in [0.4, 0.5) is 0 Å². The van der Waals surface area contributed by atoms with Crippen LogP contribution in [0.5, 0.6) is 0 Å². The summed E-state index contributed by atoms with van der Waals surface area (Å²) in [5.41, 5.74) is 4.00. The van der Waals surface area contributed by atoms with E-state index in [1.165, 1.54) is 14.2 Å². The highest BCUT2D eigenvalue weighted by Crippen LogP contribution is 2.32. The van der Waals surface area contributed by atoms with Gasteiger partial charge >= 0.3 is 11.9 Å². The summed E-state index contributed by atoms with van der Waals surface area (Å²) >= 11 is 0. The smallest absolute Gasteiger partial charge is 0.340 e. The fraction of sp³-hybridized carbons (Fsp3) is 0.267. The first-order chi connectivity index (χ1) is 9.99. The largest absolute Gasteiger partial charge is 0.465 e. The summed E-state index contributed by atoms with van der Waals surface area (Å²) in [6, 6.07) is 3.64. The maximum absolute atomic E-state index is 12.2. The van der Waals surface area contributed by atoms with E-state index in [-0.39, 0.29) is 11.1 Å². The number of aryl methyl sites for hydroxylation is 2. The van der Waals surface area contributed by atoms with Gasteiger partial charge in [-0.15, -0.1) is 0 Å². The van der Waals surface area contributed by atoms with Gasteiger partial charge in [0.1, 0.15) is 16.8 Å². The molecule has 6 nitrogen and oxygen atoms in total. The molecule has 0 aliphatic heterocycles. The van der Waals surface area contributed by atoms with E-state index in [0.717, 1.165) is 11.3 Å². The predicted molar refractivity (Wildman–Crippen MR) is 76.0 cm³/mol. The number of ether oxygens (including phenoxy) is 2. The summed E-state index contributed by atoms with van der Waals surface area (Å²) in [5, 5.41) is 0. The van der Waals surface area contributed by atoms with Crippen molar-refractivity contribution in [2.45, 2.75) is 13.8 Å². The Morgan fingerprint density at radius 2 is 1.67 bits per heavy atom. The van der Waals surface area contributed by atoms with Crippen molar-refractivity contribution >= 4 is 28.6 Å². The molecule has 0 aliphatic rings. The van der Waals surface area contributed by atoms with E-state index < -0.39 is 11.9 Å². The average Bonchev–Trinajstić information content (AvgIpc) is 2.96. The Hall–Kier alpha value is -2.63. The molecular weight excluding hydrogens is 272 g/mol. The van der Waals surface area contributed by atoms with Crippen LogP contribution in [0.2, 0.25) is 0 Å². The molecule has 3 rings (SSSR count). The maximum Gasteiger partial charge on any atom is 0.340 e. The van der Waals surface area contributed by atoms with Gasteiger partial charge in [0.15, 0.2) is 0 Å². The van der Waals surface area contributed by atoms with Crippen LogP contribution in [0.3, 0.4) is 0 Å². The van der Waals surface area contributed by atoms with Gasteiger partial charge in [-0.25, -0.2) is 14.6 Å². The normalized spacial score (nSPS) is 11.2. The minimum atomic E-state index is -0.564. The molecule has 0 spiro atoms. The first-order valence-corrected chi connectivity index (χ1v) is 6.41. The Balaban J connectivity index is 2.57. The lowest BCUT2D eigenvalue weighted by atomic mass is 10.1. The van der Waals surface area contributed by atoms with Crippen molar-refractivity contribution in [2.75, 3.05) is 14.2 Å². The zero-order valence-electron chi connectivity index (χ0n) is 12.2. The third-order valence-electron chi connectivity index (χ3n) is 3.57. The molecule has 6 heteroatoms. The molecule has 0 unspecified atom stereocenters. The van der Waals surface area contributed by atoms with Crippen molar-refractivity contribution in [1.82, 2.24) is 9.38 Å². The second kappa shape index (κ2) is 4.44. The number of methoxy groups -OCH3 is 2. The highest BCUT2D eigenvalue weighted by Gasteiger charge is 2.30. The standard InChI is InChI=1S/C15H14N2O4/c1-7-5-10-16-8(2)6-9-11(14(18)20-3)12(15(19)21-4)13(7)17(9)10/h5-6H,1-4H3. The predicted octanol–water partition coefficient (Wildman–Crippen LogP) is 2.12. The second-order valence-corrected chi connectivity index (χ2v) is 4.89. The molecule has 21 heavy (non-hydrogen) atoms. The molecular formula is C15H14N2O4. The molecule has 0 N–H and O–H groups in total. The van der Waals surface area contributed by atoms with Gasteiger partial charge in [-0.3, -0.25) is 4.40 Å². The van der Waals surface area contributed by atoms with E-state index in [1.54, 1.807) is 10.5 Å². The number of rotatable bonds is 2. The molecule has 0 bridgehead atoms. The molecule has 3 heterocycles. The third kappa shape index (κ3) is 1.68. The number of aromatic nitrogens is 2. The van der Waals surface area contributed by atoms with E-state index in [2.05, 4.69) is 4.98 Å². The van der Waals surface area contributed by atoms with Crippen molar-refractivity contribution in [3.8, 4) is 0 Å². The monoisotopic (exact) mass is 286 g/mol. The topological polar surface area (TPSA) is 69.9 Å². The van der Waals surface area contributed by atoms with Gasteiger partial charge in [0.2, 0.25) is 0 Å². The van der Waals surface area contributed by atoms with Gasteiger partial charge < -0.3 is 9.47 Å². The summed E-state index contributed by atoms with van der Waals surface area (Å²) in [6.07, 6.45) is 0. The SMILES string of the molecule is COC(=O)c1c(C(=O)OC)c2c(C)cc3nc(C)cc1n32. The molecule has 0 fully saturated rings. The molecule has 3 aromatic heterocycles. The fourth-order valence-corrected chi connectivity index (χ4v) is 2.77. The lowest BCUT2D eigenvalue weighted by Gasteiger charge is -2.03. The van der Waals surface area contributed by atoms with Crippen molar-refractivity contribution < 1.29 is 19.1 Å². The Labute approximate surface area is 120 Å². The minimum Gasteiger partial charge on any atom is -0.465 e. The zero-order valence-corrected chi connectivity index (χ0v) is 12.2. The summed E-state index contributed by atoms with van der Waals surface area (Å²) in [5.74, 6) is -1.13. The lowest BCUT2D eigenvalue weighted by molar-refractivity contribution is 0.0559. The van der Waals surface area contributed by atoms with Gasteiger partial charge in [-0.1, -0.05) is 0 Å². The van der Waals surface area contributed by atoms with Gasteiger partial charge in [-0.05, 0) is 31.5 Å². The lowest BCUT2D eigenvalue weighted by Crippen LogP contribution is -2.10. The molecule has 0 aromatic carbocycles. The third-order valence-corrected chi connectivity index (χ3v) is 3.57. The minimum absolute atomic E-state index is 0.221. The molecule has 0 amide bonds. The van der Waals surface area contributed by atoms with E-state index in [1.807, 2.05) is 19.9 Å². The second-order valence-electron chi connectivity index (χ2n) is 4.89. The van der Waals surface area contributed by atoms with Gasteiger partial charge in [0.25, 0.3) is 0 Å². The molecule has 0 saturated heterocycles. The molecule has 0 aliphatic carbocycles. The van der Waals surface area contributed by atoms with Crippen molar-refractivity contribution in [2.24, 2.45) is 0 Å². The van der Waals surface area contributed by atoms with Crippen LogP contribution < -0.4 is 0 Å². The summed E-state index contributed by atoms with van der Waals surface area (Å²) < 4.78 is 11.5. The number of esters is 2. The first-order valence-electron chi connectivity index (χ1n) is 6.41. The van der Waals surface area contributed by atoms with Gasteiger partial charge in [0.05, 0.1) is 25.3 Å². The summed E-state index contributed by atoms with van der Waals surface area (Å²) in [4.78, 5) is 28.7. The van der Waals surface area contributed by atoms with Gasteiger partial charge in [-0.2, -0.15) is 0 Å². The average molecular weight is 286 g/mol. The number of hydrogen-bond donors (Lipinski definition) is 0. The fourth-order valence-electron chi connectivity index (χ4n) is 2.77. The maximum atomic E-state index is 12.2. The molecule has 0 saturated carbocycles. The van der Waals surface area contributed by atoms with E-state index in [9.17, 15) is 9.59 Å². The quantitative estimate of drug-likeness (QED) is 0.675. The number of carbonyl (C=O) groups excluding carboxylic acids is 2. The van der Waals surface area contributed by atoms with E-state index in [4.69, 9.17) is 9.47 Å². The van der Waals surface area contributed by atoms with Crippen LogP contribution in [0.15, 0.2) is 12.1 Å². The Kier molecular flexibility index (Phi) is 2.83. The van der Waals surface area contributed by atoms with Crippen LogP contribution in [-0.4, -0.2) is 35.5 Å². The summed E-state index contributed by atoms with van der Waals surface area (Å²) in [6.45, 7) is 3.70. The number of hydrogen-bond acceptors (Lipinski definition) is 5. The van der Waals surface area contributed by atoms with Crippen LogP contribution in [0, 0.1) is 13.8 Å². The Morgan fingerprint density at radius 3 is 2.29 bits per heavy atom. The van der Waals surface area contributed by atoms with Crippen LogP contribution in [-0.2, 0) is 9.47 Å². The number of carbonyl (C=O) groups is 2. The first kappa shape index (κ1) is 13.4. The number of nitrogens with zero attached hydrogens (tertiary/aromatic N) is 2. The summed E-state index contributed by atoms with van der Waals surface area (Å²) in [7, 11) is 2.58. The molecule has 108 valence electrons. The van der Waals surface area contributed by atoms with Crippen molar-refractivity contribution in [3.63, 3.8) is 0 Å². The highest BCUT2D eigenvalue weighted by atomic mass is 16.5. The van der Waals surface area contributed by atoms with Gasteiger partial charge in [0, 0.05) is 5.69 Å². The van der Waals surface area contributed by atoms with Crippen molar-refractivity contribution in [1.29, 1.82) is 0 Å². The van der Waals surface area contributed by atoms with Crippen LogP contribution >= 0.6 is 0 Å².